The van der Waals surface area contributed by atoms with Crippen molar-refractivity contribution in [3.8, 4) is 0 Å². The fourth-order valence-corrected chi connectivity index (χ4v) is 2.85. The summed E-state index contributed by atoms with van der Waals surface area (Å²) in [6.45, 7) is 2.19. The standard InChI is InChI=1S/C15H21BrN2O2.ClH/c1-15(17,11-5-7-12(16)8-6-11)14(20)18-9-10-3-2-4-13(10)19;/h5-8,10,13,19H,2-4,9,17H2,1H3,(H,18,20);1H. The van der Waals surface area contributed by atoms with E-state index in [1.807, 2.05) is 24.3 Å². The Kier molecular flexibility index (Phi) is 6.66. The Morgan fingerprint density at radius 2 is 2.05 bits per heavy atom. The Hall–Kier alpha value is -0.620. The summed E-state index contributed by atoms with van der Waals surface area (Å²) in [7, 11) is 0. The van der Waals surface area contributed by atoms with E-state index >= 15 is 0 Å². The van der Waals surface area contributed by atoms with Crippen LogP contribution in [0, 0.1) is 5.92 Å². The number of carbonyl (C=O) groups excluding carboxylic acids is 1. The molecule has 0 aliphatic heterocycles. The second-order valence-electron chi connectivity index (χ2n) is 5.68. The minimum absolute atomic E-state index is 0. The van der Waals surface area contributed by atoms with Crippen LogP contribution in [0.15, 0.2) is 28.7 Å². The van der Waals surface area contributed by atoms with Gasteiger partial charge in [0.2, 0.25) is 5.91 Å². The highest BCUT2D eigenvalue weighted by molar-refractivity contribution is 9.10. The van der Waals surface area contributed by atoms with Crippen molar-refractivity contribution < 1.29 is 9.90 Å². The Balaban J connectivity index is 0.00000220. The minimum Gasteiger partial charge on any atom is -0.393 e. The van der Waals surface area contributed by atoms with Crippen LogP contribution in [0.1, 0.15) is 31.7 Å². The molecule has 0 aromatic heterocycles. The number of hydrogen-bond acceptors (Lipinski definition) is 3. The van der Waals surface area contributed by atoms with E-state index < -0.39 is 5.54 Å². The van der Waals surface area contributed by atoms with Crippen LogP contribution in [0.3, 0.4) is 0 Å². The molecular formula is C15H22BrClN2O2. The van der Waals surface area contributed by atoms with Gasteiger partial charge in [0.25, 0.3) is 0 Å². The number of nitrogens with one attached hydrogen (secondary N) is 1. The molecule has 0 spiro atoms. The first-order chi connectivity index (χ1) is 9.41. The molecule has 3 atom stereocenters. The van der Waals surface area contributed by atoms with E-state index in [0.29, 0.717) is 6.54 Å². The summed E-state index contributed by atoms with van der Waals surface area (Å²) in [5, 5.41) is 12.6. The third-order valence-corrected chi connectivity index (χ3v) is 4.59. The van der Waals surface area contributed by atoms with Crippen molar-refractivity contribution in [2.24, 2.45) is 11.7 Å². The molecule has 118 valence electrons. The molecule has 0 bridgehead atoms. The van der Waals surface area contributed by atoms with Gasteiger partial charge in [0.1, 0.15) is 5.54 Å². The number of aliphatic hydroxyl groups excluding tert-OH is 1. The van der Waals surface area contributed by atoms with Crippen molar-refractivity contribution in [2.75, 3.05) is 6.54 Å². The maximum absolute atomic E-state index is 12.3. The van der Waals surface area contributed by atoms with Crippen molar-refractivity contribution in [3.05, 3.63) is 34.3 Å². The molecule has 0 saturated heterocycles. The summed E-state index contributed by atoms with van der Waals surface area (Å²) >= 11 is 3.36. The molecule has 1 fully saturated rings. The van der Waals surface area contributed by atoms with Gasteiger partial charge in [-0.05, 0) is 37.5 Å². The monoisotopic (exact) mass is 376 g/mol. The minimum atomic E-state index is -1.07. The van der Waals surface area contributed by atoms with E-state index in [4.69, 9.17) is 5.73 Å². The average Bonchev–Trinajstić information content (AvgIpc) is 2.82. The van der Waals surface area contributed by atoms with Crippen molar-refractivity contribution >= 4 is 34.2 Å². The average molecular weight is 378 g/mol. The summed E-state index contributed by atoms with van der Waals surface area (Å²) in [6, 6.07) is 7.42. The first-order valence-corrected chi connectivity index (χ1v) is 7.72. The fourth-order valence-electron chi connectivity index (χ4n) is 2.59. The van der Waals surface area contributed by atoms with Crippen LogP contribution in [0.5, 0.6) is 0 Å². The van der Waals surface area contributed by atoms with Crippen LogP contribution in [0.4, 0.5) is 0 Å². The van der Waals surface area contributed by atoms with E-state index in [9.17, 15) is 9.90 Å². The number of amides is 1. The molecular weight excluding hydrogens is 356 g/mol. The third kappa shape index (κ3) is 4.42. The number of aliphatic hydroxyl groups is 1. The van der Waals surface area contributed by atoms with Gasteiger partial charge in [-0.25, -0.2) is 0 Å². The second-order valence-corrected chi connectivity index (χ2v) is 6.59. The quantitative estimate of drug-likeness (QED) is 0.754. The zero-order valence-corrected chi connectivity index (χ0v) is 14.4. The van der Waals surface area contributed by atoms with Gasteiger partial charge in [-0.15, -0.1) is 12.4 Å². The molecule has 2 rings (SSSR count). The van der Waals surface area contributed by atoms with Crippen LogP contribution in [-0.4, -0.2) is 23.7 Å². The van der Waals surface area contributed by atoms with Gasteiger partial charge in [0, 0.05) is 16.9 Å². The van der Waals surface area contributed by atoms with Gasteiger partial charge in [-0.2, -0.15) is 0 Å². The van der Waals surface area contributed by atoms with E-state index in [1.54, 1.807) is 6.92 Å². The number of rotatable bonds is 4. The summed E-state index contributed by atoms with van der Waals surface area (Å²) < 4.78 is 0.950. The van der Waals surface area contributed by atoms with Crippen molar-refractivity contribution in [3.63, 3.8) is 0 Å². The van der Waals surface area contributed by atoms with Crippen molar-refractivity contribution in [2.45, 2.75) is 37.8 Å². The molecule has 1 aromatic carbocycles. The first kappa shape index (κ1) is 18.4. The van der Waals surface area contributed by atoms with Crippen LogP contribution in [-0.2, 0) is 10.3 Å². The molecule has 3 unspecified atom stereocenters. The van der Waals surface area contributed by atoms with Gasteiger partial charge >= 0.3 is 0 Å². The predicted molar refractivity (Wildman–Crippen MR) is 89.3 cm³/mol. The molecule has 1 aromatic rings. The van der Waals surface area contributed by atoms with Crippen LogP contribution in [0.25, 0.3) is 0 Å². The highest BCUT2D eigenvalue weighted by Crippen LogP contribution is 2.25. The zero-order chi connectivity index (χ0) is 14.8. The summed E-state index contributed by atoms with van der Waals surface area (Å²) in [5.74, 6) is -0.0569. The van der Waals surface area contributed by atoms with Crippen molar-refractivity contribution in [1.82, 2.24) is 5.32 Å². The molecule has 0 radical (unpaired) electrons. The summed E-state index contributed by atoms with van der Waals surface area (Å²) in [4.78, 5) is 12.3. The molecule has 1 saturated carbocycles. The molecule has 1 amide bonds. The number of hydrogen-bond donors (Lipinski definition) is 3. The Labute approximate surface area is 140 Å². The summed E-state index contributed by atoms with van der Waals surface area (Å²) in [5.41, 5.74) is 5.86. The zero-order valence-electron chi connectivity index (χ0n) is 12.0. The van der Waals surface area contributed by atoms with Gasteiger partial charge in [0.15, 0.2) is 0 Å². The first-order valence-electron chi connectivity index (χ1n) is 6.92. The molecule has 21 heavy (non-hydrogen) atoms. The highest BCUT2D eigenvalue weighted by atomic mass is 79.9. The van der Waals surface area contributed by atoms with Crippen LogP contribution in [0.2, 0.25) is 0 Å². The molecule has 4 nitrogen and oxygen atoms in total. The molecule has 4 N–H and O–H groups in total. The molecule has 1 aliphatic carbocycles. The highest BCUT2D eigenvalue weighted by Gasteiger charge is 2.32. The maximum atomic E-state index is 12.3. The smallest absolute Gasteiger partial charge is 0.244 e. The normalized spacial score (nSPS) is 24.0. The Morgan fingerprint density at radius 1 is 1.43 bits per heavy atom. The maximum Gasteiger partial charge on any atom is 0.244 e. The van der Waals surface area contributed by atoms with Crippen molar-refractivity contribution in [1.29, 1.82) is 0 Å². The lowest BCUT2D eigenvalue weighted by molar-refractivity contribution is -0.126. The number of carbonyl (C=O) groups is 1. The largest absolute Gasteiger partial charge is 0.393 e. The number of halogens is 2. The van der Waals surface area contributed by atoms with E-state index in [0.717, 1.165) is 29.3 Å². The predicted octanol–water partition coefficient (Wildman–Crippen LogP) is 2.32. The Bertz CT molecular complexity index is 479. The lowest BCUT2D eigenvalue weighted by Gasteiger charge is -2.25. The summed E-state index contributed by atoms with van der Waals surface area (Å²) in [6.07, 6.45) is 2.51. The van der Waals surface area contributed by atoms with Gasteiger partial charge in [-0.3, -0.25) is 4.79 Å². The molecule has 6 heteroatoms. The fraction of sp³-hybridized carbons (Fsp3) is 0.533. The van der Waals surface area contributed by atoms with E-state index in [2.05, 4.69) is 21.2 Å². The van der Waals surface area contributed by atoms with Gasteiger partial charge in [-0.1, -0.05) is 34.5 Å². The lowest BCUT2D eigenvalue weighted by Crippen LogP contribution is -2.50. The van der Waals surface area contributed by atoms with E-state index in [1.165, 1.54) is 0 Å². The third-order valence-electron chi connectivity index (χ3n) is 4.06. The van der Waals surface area contributed by atoms with Crippen LogP contribution >= 0.6 is 28.3 Å². The lowest BCUT2D eigenvalue weighted by atomic mass is 9.92. The number of nitrogens with two attached hydrogens (primary N) is 1. The SMILES string of the molecule is CC(N)(C(=O)NCC1CCCC1O)c1ccc(Br)cc1.Cl. The topological polar surface area (TPSA) is 75.4 Å². The second kappa shape index (κ2) is 7.58. The van der Waals surface area contributed by atoms with Gasteiger partial charge < -0.3 is 16.2 Å². The van der Waals surface area contributed by atoms with Gasteiger partial charge in [0.05, 0.1) is 6.10 Å². The molecule has 1 aliphatic rings. The van der Waals surface area contributed by atoms with Crippen LogP contribution < -0.4 is 11.1 Å². The number of benzene rings is 1. The van der Waals surface area contributed by atoms with E-state index in [-0.39, 0.29) is 30.3 Å². The Morgan fingerprint density at radius 3 is 2.57 bits per heavy atom. The molecule has 0 heterocycles.